The normalized spacial score (nSPS) is 13.5. The molecule has 0 aliphatic carbocycles. The molecule has 2 aromatic rings. The topological polar surface area (TPSA) is 66.9 Å². The van der Waals surface area contributed by atoms with Crippen LogP contribution in [-0.2, 0) is 31.8 Å². The number of nitrogens with zero attached hydrogens (tertiary/aromatic N) is 2. The molecule has 2 amide bonds. The number of thioether (sulfide) groups is 1. The molecule has 2 aromatic carbocycles. The van der Waals surface area contributed by atoms with Crippen molar-refractivity contribution in [3.05, 3.63) is 59.7 Å². The summed E-state index contributed by atoms with van der Waals surface area (Å²) < 4.78 is 43.4. The number of ether oxygens (including phenoxy) is 1. The average molecular weight is 466 g/mol. The van der Waals surface area contributed by atoms with Gasteiger partial charge in [0.1, 0.15) is 13.1 Å². The smallest absolute Gasteiger partial charge is 0.416 e. The van der Waals surface area contributed by atoms with E-state index in [0.717, 1.165) is 17.0 Å². The minimum atomic E-state index is -4.47. The Bertz CT molecular complexity index is 995. The zero-order chi connectivity index (χ0) is 23.3. The van der Waals surface area contributed by atoms with Gasteiger partial charge < -0.3 is 14.5 Å². The third-order valence-corrected chi connectivity index (χ3v) is 5.78. The predicted molar refractivity (Wildman–Crippen MR) is 113 cm³/mol. The van der Waals surface area contributed by atoms with Gasteiger partial charge in [0.25, 0.3) is 0 Å². The molecule has 0 spiro atoms. The number of anilines is 1. The highest BCUT2D eigenvalue weighted by Gasteiger charge is 2.31. The van der Waals surface area contributed by atoms with E-state index >= 15 is 0 Å². The molecule has 0 bridgehead atoms. The van der Waals surface area contributed by atoms with Crippen LogP contribution in [0.4, 0.5) is 18.9 Å². The number of rotatable bonds is 7. The molecule has 10 heteroatoms. The first-order valence-corrected chi connectivity index (χ1v) is 10.8. The highest BCUT2D eigenvalue weighted by molar-refractivity contribution is 8.00. The molecule has 3 rings (SSSR count). The molecule has 170 valence electrons. The molecule has 0 unspecified atom stereocenters. The van der Waals surface area contributed by atoms with Gasteiger partial charge in [0.05, 0.1) is 23.6 Å². The Morgan fingerprint density at radius 3 is 2.47 bits per heavy atom. The SMILES string of the molecule is CCOC(=O)CN(Cc1ccc(C(F)(F)F)cc1)C(=O)CN1C(=O)CSc2ccccc21. The third kappa shape index (κ3) is 5.82. The zero-order valence-corrected chi connectivity index (χ0v) is 18.0. The maximum Gasteiger partial charge on any atom is 0.416 e. The van der Waals surface area contributed by atoms with Crippen molar-refractivity contribution in [3.63, 3.8) is 0 Å². The van der Waals surface area contributed by atoms with Gasteiger partial charge >= 0.3 is 12.1 Å². The number of hydrogen-bond donors (Lipinski definition) is 0. The van der Waals surface area contributed by atoms with Gasteiger partial charge in [0, 0.05) is 11.4 Å². The number of hydrogen-bond acceptors (Lipinski definition) is 5. The summed E-state index contributed by atoms with van der Waals surface area (Å²) in [6.45, 7) is 0.966. The lowest BCUT2D eigenvalue weighted by molar-refractivity contribution is -0.149. The third-order valence-electron chi connectivity index (χ3n) is 4.73. The van der Waals surface area contributed by atoms with Crippen molar-refractivity contribution < 1.29 is 32.3 Å². The van der Waals surface area contributed by atoms with E-state index in [0.29, 0.717) is 11.3 Å². The lowest BCUT2D eigenvalue weighted by Gasteiger charge is -2.31. The lowest BCUT2D eigenvalue weighted by Crippen LogP contribution is -2.46. The van der Waals surface area contributed by atoms with Crippen LogP contribution in [0, 0.1) is 0 Å². The number of para-hydroxylation sites is 1. The Morgan fingerprint density at radius 2 is 1.81 bits per heavy atom. The van der Waals surface area contributed by atoms with Crippen molar-refractivity contribution in [1.29, 1.82) is 0 Å². The fraction of sp³-hybridized carbons (Fsp3) is 0.318. The molecule has 0 saturated heterocycles. The molecular weight excluding hydrogens is 445 g/mol. The van der Waals surface area contributed by atoms with Crippen LogP contribution in [0.1, 0.15) is 18.1 Å². The van der Waals surface area contributed by atoms with E-state index in [1.165, 1.54) is 33.7 Å². The summed E-state index contributed by atoms with van der Waals surface area (Å²) in [7, 11) is 0. The van der Waals surface area contributed by atoms with E-state index in [-0.39, 0.29) is 37.9 Å². The van der Waals surface area contributed by atoms with Crippen molar-refractivity contribution in [2.45, 2.75) is 24.5 Å². The van der Waals surface area contributed by atoms with Crippen LogP contribution in [0.3, 0.4) is 0 Å². The van der Waals surface area contributed by atoms with E-state index in [1.54, 1.807) is 19.1 Å². The summed E-state index contributed by atoms with van der Waals surface area (Å²) in [6, 6.07) is 11.5. The van der Waals surface area contributed by atoms with Gasteiger partial charge in [-0.1, -0.05) is 24.3 Å². The molecule has 0 N–H and O–H groups in total. The minimum Gasteiger partial charge on any atom is -0.465 e. The van der Waals surface area contributed by atoms with Crippen molar-refractivity contribution in [1.82, 2.24) is 4.90 Å². The molecular formula is C22H21F3N2O4S. The van der Waals surface area contributed by atoms with E-state index < -0.39 is 23.6 Å². The first-order chi connectivity index (χ1) is 15.2. The van der Waals surface area contributed by atoms with Gasteiger partial charge in [-0.05, 0) is 36.8 Å². The molecule has 0 atom stereocenters. The van der Waals surface area contributed by atoms with Crippen molar-refractivity contribution in [3.8, 4) is 0 Å². The number of fused-ring (bicyclic) bond motifs is 1. The van der Waals surface area contributed by atoms with Crippen LogP contribution < -0.4 is 4.90 Å². The Labute approximate surface area is 187 Å². The highest BCUT2D eigenvalue weighted by atomic mass is 32.2. The summed E-state index contributed by atoms with van der Waals surface area (Å²) >= 11 is 1.38. The zero-order valence-electron chi connectivity index (χ0n) is 17.2. The first kappa shape index (κ1) is 23.6. The molecule has 0 fully saturated rings. The Morgan fingerprint density at radius 1 is 1.12 bits per heavy atom. The standard InChI is InChI=1S/C22H21F3N2O4S/c1-2-31-21(30)13-26(11-15-7-9-16(10-8-15)22(23,24)25)19(28)12-27-17-5-3-4-6-18(17)32-14-20(27)29/h3-10H,2,11-14H2,1H3. The molecule has 1 aliphatic rings. The number of carbonyl (C=O) groups is 3. The van der Waals surface area contributed by atoms with Crippen LogP contribution >= 0.6 is 11.8 Å². The fourth-order valence-corrected chi connectivity index (χ4v) is 4.11. The van der Waals surface area contributed by atoms with Crippen molar-refractivity contribution >= 4 is 35.2 Å². The average Bonchev–Trinajstić information content (AvgIpc) is 2.75. The van der Waals surface area contributed by atoms with E-state index in [9.17, 15) is 27.6 Å². The Balaban J connectivity index is 1.80. The first-order valence-electron chi connectivity index (χ1n) is 9.80. The minimum absolute atomic E-state index is 0.103. The van der Waals surface area contributed by atoms with Gasteiger partial charge in [0.2, 0.25) is 11.8 Å². The number of amides is 2. The number of alkyl halides is 3. The summed E-state index contributed by atoms with van der Waals surface area (Å²) in [5.74, 6) is -1.23. The van der Waals surface area contributed by atoms with Crippen LogP contribution in [-0.4, -0.2) is 48.1 Å². The van der Waals surface area contributed by atoms with Crippen LogP contribution in [0.15, 0.2) is 53.4 Å². The number of esters is 1. The monoisotopic (exact) mass is 466 g/mol. The van der Waals surface area contributed by atoms with Gasteiger partial charge in [-0.25, -0.2) is 0 Å². The quantitative estimate of drug-likeness (QED) is 0.582. The van der Waals surface area contributed by atoms with E-state index in [2.05, 4.69) is 0 Å². The van der Waals surface area contributed by atoms with E-state index in [4.69, 9.17) is 4.74 Å². The Kier molecular flexibility index (Phi) is 7.44. The number of benzene rings is 2. The largest absolute Gasteiger partial charge is 0.465 e. The van der Waals surface area contributed by atoms with Gasteiger partial charge in [-0.3, -0.25) is 14.4 Å². The summed E-state index contributed by atoms with van der Waals surface area (Å²) in [5.41, 5.74) is 0.210. The summed E-state index contributed by atoms with van der Waals surface area (Å²) in [5, 5.41) is 0. The second-order valence-electron chi connectivity index (χ2n) is 6.99. The Hall–Kier alpha value is -3.01. The van der Waals surface area contributed by atoms with Crippen LogP contribution in [0.25, 0.3) is 0 Å². The second-order valence-corrected chi connectivity index (χ2v) is 8.00. The maximum atomic E-state index is 13.1. The molecule has 6 nitrogen and oxygen atoms in total. The van der Waals surface area contributed by atoms with Gasteiger partial charge in [-0.2, -0.15) is 13.2 Å². The number of halogens is 3. The highest BCUT2D eigenvalue weighted by Crippen LogP contribution is 2.35. The molecule has 0 saturated carbocycles. The summed E-state index contributed by atoms with van der Waals surface area (Å²) in [4.78, 5) is 41.0. The number of carbonyl (C=O) groups excluding carboxylic acids is 3. The van der Waals surface area contributed by atoms with Crippen LogP contribution in [0.5, 0.6) is 0 Å². The lowest BCUT2D eigenvalue weighted by atomic mass is 10.1. The molecule has 1 heterocycles. The van der Waals surface area contributed by atoms with Crippen molar-refractivity contribution in [2.24, 2.45) is 0 Å². The second kappa shape index (κ2) is 10.1. The molecule has 32 heavy (non-hydrogen) atoms. The molecule has 1 aliphatic heterocycles. The summed E-state index contributed by atoms with van der Waals surface area (Å²) in [6.07, 6.45) is -4.47. The van der Waals surface area contributed by atoms with Crippen molar-refractivity contribution in [2.75, 3.05) is 30.3 Å². The fourth-order valence-electron chi connectivity index (χ4n) is 3.18. The van der Waals surface area contributed by atoms with E-state index in [1.807, 2.05) is 12.1 Å². The predicted octanol–water partition coefficient (Wildman–Crippen LogP) is 3.74. The molecule has 0 radical (unpaired) electrons. The van der Waals surface area contributed by atoms with Crippen LogP contribution in [0.2, 0.25) is 0 Å². The van der Waals surface area contributed by atoms with Gasteiger partial charge in [-0.15, -0.1) is 11.8 Å². The van der Waals surface area contributed by atoms with Gasteiger partial charge in [0.15, 0.2) is 0 Å². The molecule has 0 aromatic heterocycles. The maximum absolute atomic E-state index is 13.1.